The van der Waals surface area contributed by atoms with Crippen LogP contribution in [0.2, 0.25) is 0 Å². The Hall–Kier alpha value is -1.62. The van der Waals surface area contributed by atoms with Gasteiger partial charge in [-0.2, -0.15) is 0 Å². The van der Waals surface area contributed by atoms with Crippen molar-refractivity contribution in [2.24, 2.45) is 0 Å². The Balaban J connectivity index is 2.61. The Labute approximate surface area is 108 Å². The number of hydrogen-bond acceptors (Lipinski definition) is 4. The SMILES string of the molecule is CC(C)NC(=O)CN(C)c1ccc([C@H](C)O)cn1. The summed E-state index contributed by atoms with van der Waals surface area (Å²) >= 11 is 0. The molecule has 0 unspecified atom stereocenters. The summed E-state index contributed by atoms with van der Waals surface area (Å²) in [6.07, 6.45) is 1.10. The number of anilines is 1. The average Bonchev–Trinajstić information content (AvgIpc) is 2.27. The van der Waals surface area contributed by atoms with E-state index in [1.807, 2.05) is 27.0 Å². The second-order valence-corrected chi connectivity index (χ2v) is 4.70. The van der Waals surface area contributed by atoms with Gasteiger partial charge in [0.25, 0.3) is 0 Å². The first-order valence-corrected chi connectivity index (χ1v) is 6.04. The summed E-state index contributed by atoms with van der Waals surface area (Å²) in [6, 6.07) is 3.74. The van der Waals surface area contributed by atoms with Gasteiger partial charge >= 0.3 is 0 Å². The third kappa shape index (κ3) is 4.33. The summed E-state index contributed by atoms with van der Waals surface area (Å²) < 4.78 is 0. The van der Waals surface area contributed by atoms with Gasteiger partial charge in [-0.25, -0.2) is 4.98 Å². The number of pyridine rings is 1. The number of nitrogens with one attached hydrogen (secondary N) is 1. The lowest BCUT2D eigenvalue weighted by Crippen LogP contribution is -2.38. The van der Waals surface area contributed by atoms with Crippen LogP contribution in [0.15, 0.2) is 18.3 Å². The molecule has 2 N–H and O–H groups in total. The van der Waals surface area contributed by atoms with Gasteiger partial charge in [0.1, 0.15) is 5.82 Å². The topological polar surface area (TPSA) is 65.5 Å². The second kappa shape index (κ2) is 6.35. The molecule has 18 heavy (non-hydrogen) atoms. The maximum absolute atomic E-state index is 11.6. The zero-order chi connectivity index (χ0) is 13.7. The molecule has 1 heterocycles. The van der Waals surface area contributed by atoms with Gasteiger partial charge < -0.3 is 15.3 Å². The Morgan fingerprint density at radius 3 is 2.56 bits per heavy atom. The predicted molar refractivity (Wildman–Crippen MR) is 71.4 cm³/mol. The first-order valence-electron chi connectivity index (χ1n) is 6.04. The Kier molecular flexibility index (Phi) is 5.09. The normalized spacial score (nSPS) is 12.3. The van der Waals surface area contributed by atoms with E-state index in [2.05, 4.69) is 10.3 Å². The first kappa shape index (κ1) is 14.4. The third-order valence-corrected chi connectivity index (χ3v) is 2.47. The molecule has 0 saturated carbocycles. The number of aliphatic hydroxyl groups excluding tert-OH is 1. The minimum Gasteiger partial charge on any atom is -0.389 e. The maximum atomic E-state index is 11.6. The first-order chi connectivity index (χ1) is 8.40. The van der Waals surface area contributed by atoms with Gasteiger partial charge in [-0.1, -0.05) is 6.07 Å². The maximum Gasteiger partial charge on any atom is 0.239 e. The van der Waals surface area contributed by atoms with Gasteiger partial charge in [-0.3, -0.25) is 4.79 Å². The molecule has 1 aromatic rings. The Morgan fingerprint density at radius 2 is 2.11 bits per heavy atom. The standard InChI is InChI=1S/C13H21N3O2/c1-9(2)15-13(18)8-16(4)12-6-5-11(7-14-12)10(3)17/h5-7,9-10,17H,8H2,1-4H3,(H,15,18)/t10-/m0/s1. The van der Waals surface area contributed by atoms with Crippen LogP contribution in [0.4, 0.5) is 5.82 Å². The molecule has 1 rings (SSSR count). The van der Waals surface area contributed by atoms with Crippen LogP contribution >= 0.6 is 0 Å². The Bertz CT molecular complexity index is 388. The Morgan fingerprint density at radius 1 is 1.44 bits per heavy atom. The van der Waals surface area contributed by atoms with Crippen molar-refractivity contribution in [1.82, 2.24) is 10.3 Å². The van der Waals surface area contributed by atoms with E-state index in [0.29, 0.717) is 5.82 Å². The lowest BCUT2D eigenvalue weighted by atomic mass is 10.2. The molecule has 0 saturated heterocycles. The largest absolute Gasteiger partial charge is 0.389 e. The van der Waals surface area contributed by atoms with Crippen LogP contribution in [-0.4, -0.2) is 35.6 Å². The molecule has 0 aliphatic rings. The van der Waals surface area contributed by atoms with Crippen molar-refractivity contribution < 1.29 is 9.90 Å². The fourth-order valence-corrected chi connectivity index (χ4v) is 1.53. The molecule has 1 amide bonds. The monoisotopic (exact) mass is 251 g/mol. The van der Waals surface area contributed by atoms with E-state index in [4.69, 9.17) is 0 Å². The highest BCUT2D eigenvalue weighted by molar-refractivity contribution is 5.81. The molecule has 0 bridgehead atoms. The molecule has 0 fully saturated rings. The summed E-state index contributed by atoms with van der Waals surface area (Å²) in [5, 5.41) is 12.2. The molecule has 0 spiro atoms. The number of carbonyl (C=O) groups excluding carboxylic acids is 1. The lowest BCUT2D eigenvalue weighted by Gasteiger charge is -2.19. The molecule has 100 valence electrons. The number of hydrogen-bond donors (Lipinski definition) is 2. The minimum atomic E-state index is -0.527. The number of aliphatic hydroxyl groups is 1. The zero-order valence-electron chi connectivity index (χ0n) is 11.3. The quantitative estimate of drug-likeness (QED) is 0.822. The summed E-state index contributed by atoms with van der Waals surface area (Å²) in [7, 11) is 1.81. The highest BCUT2D eigenvalue weighted by Gasteiger charge is 2.10. The zero-order valence-corrected chi connectivity index (χ0v) is 11.3. The van der Waals surface area contributed by atoms with Gasteiger partial charge in [0, 0.05) is 19.3 Å². The molecular formula is C13H21N3O2. The number of aromatic nitrogens is 1. The van der Waals surface area contributed by atoms with Gasteiger partial charge in [0.05, 0.1) is 12.6 Å². The van der Waals surface area contributed by atoms with Crippen LogP contribution in [0.25, 0.3) is 0 Å². The number of likely N-dealkylation sites (N-methyl/N-ethyl adjacent to an activating group) is 1. The molecule has 1 aromatic heterocycles. The molecule has 0 radical (unpaired) electrons. The summed E-state index contributed by atoms with van der Waals surface area (Å²) in [6.45, 7) is 5.80. The van der Waals surface area contributed by atoms with Crippen LogP contribution in [0, 0.1) is 0 Å². The lowest BCUT2D eigenvalue weighted by molar-refractivity contribution is -0.120. The number of carbonyl (C=O) groups is 1. The van der Waals surface area contributed by atoms with Crippen molar-refractivity contribution in [3.63, 3.8) is 0 Å². The van der Waals surface area contributed by atoms with Crippen molar-refractivity contribution >= 4 is 11.7 Å². The van der Waals surface area contributed by atoms with Crippen molar-refractivity contribution in [1.29, 1.82) is 0 Å². The number of nitrogens with zero attached hydrogens (tertiary/aromatic N) is 2. The van der Waals surface area contributed by atoms with Crippen LogP contribution in [0.5, 0.6) is 0 Å². The van der Waals surface area contributed by atoms with Crippen molar-refractivity contribution in [3.05, 3.63) is 23.9 Å². The fourth-order valence-electron chi connectivity index (χ4n) is 1.53. The molecule has 0 aliphatic heterocycles. The highest BCUT2D eigenvalue weighted by Crippen LogP contribution is 2.14. The third-order valence-electron chi connectivity index (χ3n) is 2.47. The van der Waals surface area contributed by atoms with E-state index < -0.39 is 6.10 Å². The molecule has 0 aromatic carbocycles. The van der Waals surface area contributed by atoms with Gasteiger partial charge in [0.15, 0.2) is 0 Å². The van der Waals surface area contributed by atoms with Crippen molar-refractivity contribution in [3.8, 4) is 0 Å². The van der Waals surface area contributed by atoms with E-state index in [-0.39, 0.29) is 18.5 Å². The minimum absolute atomic E-state index is 0.0334. The smallest absolute Gasteiger partial charge is 0.239 e. The number of amides is 1. The van der Waals surface area contributed by atoms with Crippen molar-refractivity contribution in [2.45, 2.75) is 32.9 Å². The predicted octanol–water partition coefficient (Wildman–Crippen LogP) is 1.10. The van der Waals surface area contributed by atoms with Crippen LogP contribution < -0.4 is 10.2 Å². The molecule has 5 nitrogen and oxygen atoms in total. The molecular weight excluding hydrogens is 230 g/mol. The molecule has 1 atom stereocenters. The van der Waals surface area contributed by atoms with Crippen LogP contribution in [0.1, 0.15) is 32.4 Å². The van der Waals surface area contributed by atoms with Gasteiger partial charge in [-0.05, 0) is 32.4 Å². The van der Waals surface area contributed by atoms with Crippen molar-refractivity contribution in [2.75, 3.05) is 18.5 Å². The van der Waals surface area contributed by atoms with Gasteiger partial charge in [0.2, 0.25) is 5.91 Å². The molecule has 0 aliphatic carbocycles. The van der Waals surface area contributed by atoms with E-state index in [0.717, 1.165) is 5.56 Å². The van der Waals surface area contributed by atoms with Gasteiger partial charge in [-0.15, -0.1) is 0 Å². The number of rotatable bonds is 5. The van der Waals surface area contributed by atoms with E-state index in [1.165, 1.54) is 0 Å². The average molecular weight is 251 g/mol. The van der Waals surface area contributed by atoms with Crippen LogP contribution in [0.3, 0.4) is 0 Å². The van der Waals surface area contributed by atoms with E-state index >= 15 is 0 Å². The fraction of sp³-hybridized carbons (Fsp3) is 0.538. The summed E-state index contributed by atoms with van der Waals surface area (Å²) in [5.41, 5.74) is 0.763. The highest BCUT2D eigenvalue weighted by atomic mass is 16.3. The van der Waals surface area contributed by atoms with E-state index in [1.54, 1.807) is 24.1 Å². The summed E-state index contributed by atoms with van der Waals surface area (Å²) in [5.74, 6) is 0.673. The van der Waals surface area contributed by atoms with E-state index in [9.17, 15) is 9.90 Å². The molecule has 5 heteroatoms. The second-order valence-electron chi connectivity index (χ2n) is 4.70. The summed E-state index contributed by atoms with van der Waals surface area (Å²) in [4.78, 5) is 17.6. The van der Waals surface area contributed by atoms with Crippen LogP contribution in [-0.2, 0) is 4.79 Å².